The lowest BCUT2D eigenvalue weighted by Gasteiger charge is -1.91. The number of aromatic nitrogens is 1. The highest BCUT2D eigenvalue weighted by molar-refractivity contribution is 7.86. The Morgan fingerprint density at radius 2 is 1.58 bits per heavy atom. The van der Waals surface area contributed by atoms with E-state index in [4.69, 9.17) is 4.42 Å². The van der Waals surface area contributed by atoms with Gasteiger partial charge in [0.05, 0.1) is 6.26 Å². The summed E-state index contributed by atoms with van der Waals surface area (Å²) in [7, 11) is -3.47. The minimum atomic E-state index is -3.47. The molecular formula is C20H31NO4S. The predicted molar refractivity (Wildman–Crippen MR) is 108 cm³/mol. The third kappa shape index (κ3) is 10.7. The molecular weight excluding hydrogens is 350 g/mol. The van der Waals surface area contributed by atoms with Crippen molar-refractivity contribution < 1.29 is 17.0 Å². The van der Waals surface area contributed by atoms with Gasteiger partial charge in [-0.3, -0.25) is 4.18 Å². The molecule has 0 saturated heterocycles. The van der Waals surface area contributed by atoms with Crippen LogP contribution in [0.15, 0.2) is 34.7 Å². The summed E-state index contributed by atoms with van der Waals surface area (Å²) in [6, 6.07) is 9.45. The maximum Gasteiger partial charge on any atom is 0.265 e. The van der Waals surface area contributed by atoms with Crippen LogP contribution < -0.4 is 0 Å². The van der Waals surface area contributed by atoms with Crippen molar-refractivity contribution in [2.75, 3.05) is 12.9 Å². The van der Waals surface area contributed by atoms with E-state index in [1.807, 2.05) is 71.9 Å². The van der Waals surface area contributed by atoms with Crippen molar-refractivity contribution in [3.8, 4) is 23.3 Å². The van der Waals surface area contributed by atoms with Gasteiger partial charge in [0, 0.05) is 5.56 Å². The topological polar surface area (TPSA) is 69.4 Å². The molecule has 0 aliphatic heterocycles. The minimum Gasteiger partial charge on any atom is -0.440 e. The van der Waals surface area contributed by atoms with E-state index in [1.54, 1.807) is 6.92 Å². The molecule has 5 nitrogen and oxygen atoms in total. The molecule has 146 valence electrons. The van der Waals surface area contributed by atoms with Crippen molar-refractivity contribution >= 4 is 10.1 Å². The molecule has 0 atom stereocenters. The molecule has 0 N–H and O–H groups in total. The summed E-state index contributed by atoms with van der Waals surface area (Å²) < 4.78 is 31.6. The Kier molecular flexibility index (Phi) is 15.3. The number of hydrogen-bond acceptors (Lipinski definition) is 5. The van der Waals surface area contributed by atoms with Gasteiger partial charge in [0.1, 0.15) is 12.4 Å². The van der Waals surface area contributed by atoms with Gasteiger partial charge in [0.15, 0.2) is 5.69 Å². The van der Waals surface area contributed by atoms with Gasteiger partial charge in [-0.05, 0) is 25.0 Å². The van der Waals surface area contributed by atoms with Crippen LogP contribution in [0.2, 0.25) is 0 Å². The molecule has 0 aliphatic carbocycles. The SMILES string of the molecule is CC.CC.CC.Cc1oc(-c2ccccc2)nc1C#CCOS(C)(=O)=O. The predicted octanol–water partition coefficient (Wildman–Crippen LogP) is 5.06. The van der Waals surface area contributed by atoms with Gasteiger partial charge in [0.2, 0.25) is 5.89 Å². The van der Waals surface area contributed by atoms with E-state index < -0.39 is 10.1 Å². The maximum absolute atomic E-state index is 10.8. The average molecular weight is 382 g/mol. The van der Waals surface area contributed by atoms with Crippen LogP contribution in [0.1, 0.15) is 53.0 Å². The lowest BCUT2D eigenvalue weighted by Crippen LogP contribution is -2.02. The normalized spacial score (nSPS) is 9.08. The van der Waals surface area contributed by atoms with Gasteiger partial charge in [-0.2, -0.15) is 8.42 Å². The highest BCUT2D eigenvalue weighted by Crippen LogP contribution is 2.20. The Hall–Kier alpha value is -2.10. The highest BCUT2D eigenvalue weighted by Gasteiger charge is 2.09. The fourth-order valence-corrected chi connectivity index (χ4v) is 1.75. The molecule has 1 aromatic carbocycles. The zero-order chi connectivity index (χ0) is 20.6. The van der Waals surface area contributed by atoms with Crippen LogP contribution in [0.25, 0.3) is 11.5 Å². The third-order valence-electron chi connectivity index (χ3n) is 2.37. The molecule has 0 radical (unpaired) electrons. The average Bonchev–Trinajstić information content (AvgIpc) is 3.04. The van der Waals surface area contributed by atoms with Gasteiger partial charge in [-0.15, -0.1) is 0 Å². The molecule has 2 aromatic rings. The van der Waals surface area contributed by atoms with Crippen molar-refractivity contribution in [3.63, 3.8) is 0 Å². The summed E-state index contributed by atoms with van der Waals surface area (Å²) in [6.45, 7) is 13.5. The number of nitrogens with zero attached hydrogens (tertiary/aromatic N) is 1. The fraction of sp³-hybridized carbons (Fsp3) is 0.450. The largest absolute Gasteiger partial charge is 0.440 e. The highest BCUT2D eigenvalue weighted by atomic mass is 32.2. The Balaban J connectivity index is 0. The molecule has 0 spiro atoms. The summed E-state index contributed by atoms with van der Waals surface area (Å²) in [6.07, 6.45) is 0.976. The molecule has 0 saturated carbocycles. The minimum absolute atomic E-state index is 0.203. The molecule has 26 heavy (non-hydrogen) atoms. The molecule has 6 heteroatoms. The van der Waals surface area contributed by atoms with E-state index in [0.29, 0.717) is 17.3 Å². The van der Waals surface area contributed by atoms with E-state index in [9.17, 15) is 8.42 Å². The van der Waals surface area contributed by atoms with Crippen LogP contribution in [0.3, 0.4) is 0 Å². The summed E-state index contributed by atoms with van der Waals surface area (Å²) in [5, 5.41) is 0. The van der Waals surface area contributed by atoms with E-state index >= 15 is 0 Å². The Labute approximate surface area is 158 Å². The molecule has 1 aromatic heterocycles. The molecule has 0 amide bonds. The van der Waals surface area contributed by atoms with Crippen molar-refractivity contribution in [1.82, 2.24) is 4.98 Å². The zero-order valence-electron chi connectivity index (χ0n) is 17.1. The third-order valence-corrected chi connectivity index (χ3v) is 2.92. The second-order valence-electron chi connectivity index (χ2n) is 4.06. The van der Waals surface area contributed by atoms with Crippen molar-refractivity contribution in [1.29, 1.82) is 0 Å². The van der Waals surface area contributed by atoms with Gasteiger partial charge in [-0.1, -0.05) is 65.7 Å². The first-order valence-corrected chi connectivity index (χ1v) is 10.6. The van der Waals surface area contributed by atoms with Gasteiger partial charge in [-0.25, -0.2) is 4.98 Å². The van der Waals surface area contributed by atoms with Crippen molar-refractivity contribution in [2.45, 2.75) is 48.5 Å². The molecule has 0 fully saturated rings. The second kappa shape index (κ2) is 15.2. The second-order valence-corrected chi connectivity index (χ2v) is 5.70. The van der Waals surface area contributed by atoms with Crippen LogP contribution >= 0.6 is 0 Å². The Morgan fingerprint density at radius 3 is 2.08 bits per heavy atom. The first kappa shape index (κ1) is 26.1. The van der Waals surface area contributed by atoms with E-state index in [0.717, 1.165) is 11.8 Å². The molecule has 2 rings (SSSR count). The van der Waals surface area contributed by atoms with Gasteiger partial charge < -0.3 is 4.42 Å². The summed E-state index contributed by atoms with van der Waals surface area (Å²) in [5.41, 5.74) is 1.33. The smallest absolute Gasteiger partial charge is 0.265 e. The quantitative estimate of drug-likeness (QED) is 0.549. The van der Waals surface area contributed by atoms with Crippen LogP contribution in [0.5, 0.6) is 0 Å². The summed E-state index contributed by atoms with van der Waals surface area (Å²) in [4.78, 5) is 4.27. The Bertz CT molecular complexity index is 754. The monoisotopic (exact) mass is 381 g/mol. The molecule has 0 unspecified atom stereocenters. The molecule has 0 aliphatic rings. The lowest BCUT2D eigenvalue weighted by molar-refractivity contribution is 0.368. The lowest BCUT2D eigenvalue weighted by atomic mass is 10.2. The summed E-state index contributed by atoms with van der Waals surface area (Å²) >= 11 is 0. The van der Waals surface area contributed by atoms with Gasteiger partial charge in [0.25, 0.3) is 10.1 Å². The molecule has 1 heterocycles. The van der Waals surface area contributed by atoms with Crippen molar-refractivity contribution in [3.05, 3.63) is 41.8 Å². The van der Waals surface area contributed by atoms with E-state index in [1.165, 1.54) is 0 Å². The zero-order valence-corrected chi connectivity index (χ0v) is 17.9. The number of benzene rings is 1. The van der Waals surface area contributed by atoms with Crippen LogP contribution in [-0.2, 0) is 14.3 Å². The van der Waals surface area contributed by atoms with Crippen molar-refractivity contribution in [2.24, 2.45) is 0 Å². The number of hydrogen-bond donors (Lipinski definition) is 0. The first-order chi connectivity index (χ1) is 12.5. The van der Waals surface area contributed by atoms with E-state index in [-0.39, 0.29) is 6.61 Å². The van der Waals surface area contributed by atoms with Crippen LogP contribution in [0, 0.1) is 18.8 Å². The van der Waals surface area contributed by atoms with Crippen LogP contribution in [-0.4, -0.2) is 26.3 Å². The standard InChI is InChI=1S/C14H13NO4S.3C2H6/c1-11-13(9-6-10-18-20(2,16)17)15-14(19-11)12-7-4-3-5-8-12;3*1-2/h3-5,7-8H,10H2,1-2H3;3*1-2H3. The first-order valence-electron chi connectivity index (χ1n) is 8.82. The maximum atomic E-state index is 10.8. The number of aryl methyl sites for hydroxylation is 1. The fourth-order valence-electron chi connectivity index (χ4n) is 1.47. The van der Waals surface area contributed by atoms with E-state index in [2.05, 4.69) is 21.0 Å². The number of oxazole rings is 1. The summed E-state index contributed by atoms with van der Waals surface area (Å²) in [5.74, 6) is 6.38. The number of rotatable bonds is 3. The van der Waals surface area contributed by atoms with Gasteiger partial charge >= 0.3 is 0 Å². The van der Waals surface area contributed by atoms with Crippen LogP contribution in [0.4, 0.5) is 0 Å². The molecule has 0 bridgehead atoms. The Morgan fingerprint density at radius 1 is 1.04 bits per heavy atom.